The molecule has 1 unspecified atom stereocenters. The number of nitrogens with zero attached hydrogens (tertiary/aromatic N) is 1. The van der Waals surface area contributed by atoms with Gasteiger partial charge in [0.25, 0.3) is 5.91 Å². The number of carbonyl (C=O) groups excluding carboxylic acids is 1. The van der Waals surface area contributed by atoms with Gasteiger partial charge in [-0.15, -0.1) is 0 Å². The smallest absolute Gasteiger partial charge is 0.256 e. The van der Waals surface area contributed by atoms with Crippen molar-refractivity contribution in [2.24, 2.45) is 0 Å². The Morgan fingerprint density at radius 1 is 1.53 bits per heavy atom. The van der Waals surface area contributed by atoms with Crippen LogP contribution < -0.4 is 5.73 Å². The SMILES string of the molecule is Nc1ccc(F)c(C(=O)N2CCCC(O)C2)c1. The van der Waals surface area contributed by atoms with Crippen molar-refractivity contribution in [3.05, 3.63) is 29.6 Å². The normalized spacial score (nSPS) is 20.4. The fraction of sp³-hybridized carbons (Fsp3) is 0.417. The standard InChI is InChI=1S/C12H15FN2O2/c13-11-4-3-8(14)6-10(11)12(17)15-5-1-2-9(16)7-15/h3-4,6,9,16H,1-2,5,7,14H2. The summed E-state index contributed by atoms with van der Waals surface area (Å²) in [6.45, 7) is 0.803. The van der Waals surface area contributed by atoms with E-state index in [0.717, 1.165) is 6.42 Å². The van der Waals surface area contributed by atoms with Crippen LogP contribution in [-0.4, -0.2) is 35.1 Å². The van der Waals surface area contributed by atoms with Crippen LogP contribution in [0.25, 0.3) is 0 Å². The van der Waals surface area contributed by atoms with Gasteiger partial charge in [-0.3, -0.25) is 4.79 Å². The maximum absolute atomic E-state index is 13.5. The van der Waals surface area contributed by atoms with Crippen LogP contribution >= 0.6 is 0 Å². The molecule has 1 aliphatic rings. The van der Waals surface area contributed by atoms with Gasteiger partial charge in [0.1, 0.15) is 5.82 Å². The number of anilines is 1. The van der Waals surface area contributed by atoms with Gasteiger partial charge < -0.3 is 15.7 Å². The fourth-order valence-electron chi connectivity index (χ4n) is 2.02. The van der Waals surface area contributed by atoms with E-state index in [9.17, 15) is 14.3 Å². The third-order valence-electron chi connectivity index (χ3n) is 2.90. The predicted molar refractivity (Wildman–Crippen MR) is 62.0 cm³/mol. The summed E-state index contributed by atoms with van der Waals surface area (Å²) in [4.78, 5) is 13.5. The van der Waals surface area contributed by atoms with Gasteiger partial charge in [-0.2, -0.15) is 0 Å². The zero-order valence-electron chi connectivity index (χ0n) is 9.40. The van der Waals surface area contributed by atoms with Crippen LogP contribution in [0.5, 0.6) is 0 Å². The Kier molecular flexibility index (Phi) is 3.28. The maximum Gasteiger partial charge on any atom is 0.256 e. The van der Waals surface area contributed by atoms with E-state index in [-0.39, 0.29) is 12.1 Å². The van der Waals surface area contributed by atoms with Gasteiger partial charge in [0.05, 0.1) is 11.7 Å². The number of likely N-dealkylation sites (tertiary alicyclic amines) is 1. The van der Waals surface area contributed by atoms with Crippen LogP contribution in [0.2, 0.25) is 0 Å². The monoisotopic (exact) mass is 238 g/mol. The number of amides is 1. The number of aliphatic hydroxyl groups is 1. The van der Waals surface area contributed by atoms with Gasteiger partial charge >= 0.3 is 0 Å². The van der Waals surface area contributed by atoms with Crippen molar-refractivity contribution in [1.82, 2.24) is 4.90 Å². The van der Waals surface area contributed by atoms with Crippen molar-refractivity contribution in [2.45, 2.75) is 18.9 Å². The lowest BCUT2D eigenvalue weighted by atomic mass is 10.1. The summed E-state index contributed by atoms with van der Waals surface area (Å²) < 4.78 is 13.5. The van der Waals surface area contributed by atoms with Crippen LogP contribution in [-0.2, 0) is 0 Å². The topological polar surface area (TPSA) is 66.6 Å². The minimum atomic E-state index is -0.579. The Balaban J connectivity index is 2.21. The number of nitrogens with two attached hydrogens (primary N) is 1. The van der Waals surface area contributed by atoms with E-state index in [1.807, 2.05) is 0 Å². The number of hydrogen-bond donors (Lipinski definition) is 2. The number of β-amino-alcohol motifs (C(OH)–C–C–N with tert-alkyl or cyclic N) is 1. The molecule has 1 aromatic rings. The molecule has 1 heterocycles. The van der Waals surface area contributed by atoms with Gasteiger partial charge in [0, 0.05) is 18.8 Å². The molecular formula is C12H15FN2O2. The molecule has 4 nitrogen and oxygen atoms in total. The molecule has 92 valence electrons. The Hall–Kier alpha value is -1.62. The van der Waals surface area contributed by atoms with E-state index in [1.165, 1.54) is 23.1 Å². The first-order valence-corrected chi connectivity index (χ1v) is 5.60. The number of halogens is 1. The Morgan fingerprint density at radius 3 is 3.00 bits per heavy atom. The molecule has 1 amide bonds. The Bertz CT molecular complexity index is 437. The van der Waals surface area contributed by atoms with Crippen molar-refractivity contribution in [1.29, 1.82) is 0 Å². The first-order chi connectivity index (χ1) is 8.08. The quantitative estimate of drug-likeness (QED) is 0.717. The van der Waals surface area contributed by atoms with Crippen LogP contribution in [0.1, 0.15) is 23.2 Å². The Labute approximate surface area is 98.8 Å². The third kappa shape index (κ3) is 2.55. The van der Waals surface area contributed by atoms with E-state index >= 15 is 0 Å². The molecule has 1 saturated heterocycles. The van der Waals surface area contributed by atoms with E-state index in [1.54, 1.807) is 0 Å². The first kappa shape index (κ1) is 11.9. The van der Waals surface area contributed by atoms with Crippen LogP contribution in [0.4, 0.5) is 10.1 Å². The van der Waals surface area contributed by atoms with Gasteiger partial charge in [-0.25, -0.2) is 4.39 Å². The number of hydrogen-bond acceptors (Lipinski definition) is 3. The number of benzene rings is 1. The molecule has 0 aromatic heterocycles. The molecule has 0 aliphatic carbocycles. The van der Waals surface area contributed by atoms with Crippen molar-refractivity contribution >= 4 is 11.6 Å². The van der Waals surface area contributed by atoms with Gasteiger partial charge in [-0.05, 0) is 31.0 Å². The summed E-state index contributed by atoms with van der Waals surface area (Å²) in [6.07, 6.45) is 0.900. The lowest BCUT2D eigenvalue weighted by Crippen LogP contribution is -2.42. The molecule has 3 N–H and O–H groups in total. The molecule has 1 fully saturated rings. The zero-order chi connectivity index (χ0) is 12.4. The maximum atomic E-state index is 13.5. The highest BCUT2D eigenvalue weighted by molar-refractivity contribution is 5.95. The van der Waals surface area contributed by atoms with E-state index in [4.69, 9.17) is 5.73 Å². The van der Waals surface area contributed by atoms with Crippen LogP contribution in [0.15, 0.2) is 18.2 Å². The molecule has 0 radical (unpaired) electrons. The molecule has 0 spiro atoms. The molecule has 17 heavy (non-hydrogen) atoms. The number of nitrogen functional groups attached to an aromatic ring is 1. The second kappa shape index (κ2) is 4.71. The summed E-state index contributed by atoms with van der Waals surface area (Å²) in [5, 5.41) is 9.49. The average Bonchev–Trinajstić information content (AvgIpc) is 2.31. The fourth-order valence-corrected chi connectivity index (χ4v) is 2.02. The summed E-state index contributed by atoms with van der Waals surface area (Å²) in [7, 11) is 0. The molecule has 1 aliphatic heterocycles. The van der Waals surface area contributed by atoms with Crippen LogP contribution in [0, 0.1) is 5.82 Å². The minimum absolute atomic E-state index is 0.0286. The summed E-state index contributed by atoms with van der Waals surface area (Å²) in [6, 6.07) is 3.93. The lowest BCUT2D eigenvalue weighted by molar-refractivity contribution is 0.0470. The molecule has 1 aromatic carbocycles. The Morgan fingerprint density at radius 2 is 2.29 bits per heavy atom. The molecule has 2 rings (SSSR count). The number of piperidine rings is 1. The van der Waals surface area contributed by atoms with E-state index in [2.05, 4.69) is 0 Å². The van der Waals surface area contributed by atoms with Crippen molar-refractivity contribution in [2.75, 3.05) is 18.8 Å². The van der Waals surface area contributed by atoms with Crippen molar-refractivity contribution in [3.63, 3.8) is 0 Å². The lowest BCUT2D eigenvalue weighted by Gasteiger charge is -2.30. The van der Waals surface area contributed by atoms with E-state index in [0.29, 0.717) is 18.7 Å². The molecule has 0 bridgehead atoms. The molecule has 0 saturated carbocycles. The zero-order valence-corrected chi connectivity index (χ0v) is 9.40. The highest BCUT2D eigenvalue weighted by atomic mass is 19.1. The highest BCUT2D eigenvalue weighted by Gasteiger charge is 2.24. The minimum Gasteiger partial charge on any atom is -0.399 e. The number of carbonyl (C=O) groups is 1. The van der Waals surface area contributed by atoms with Gasteiger partial charge in [0.15, 0.2) is 0 Å². The van der Waals surface area contributed by atoms with E-state index < -0.39 is 17.8 Å². The molecular weight excluding hydrogens is 223 g/mol. The summed E-state index contributed by atoms with van der Waals surface area (Å²) >= 11 is 0. The predicted octanol–water partition coefficient (Wildman–Crippen LogP) is 1.00. The van der Waals surface area contributed by atoms with Gasteiger partial charge in [-0.1, -0.05) is 0 Å². The summed E-state index contributed by atoms with van der Waals surface area (Å²) in [5.41, 5.74) is 5.86. The van der Waals surface area contributed by atoms with Crippen LogP contribution in [0.3, 0.4) is 0 Å². The summed E-state index contributed by atoms with van der Waals surface area (Å²) in [5.74, 6) is -0.988. The highest BCUT2D eigenvalue weighted by Crippen LogP contribution is 2.17. The van der Waals surface area contributed by atoms with Crippen molar-refractivity contribution < 1.29 is 14.3 Å². The van der Waals surface area contributed by atoms with Gasteiger partial charge in [0.2, 0.25) is 0 Å². The second-order valence-corrected chi connectivity index (χ2v) is 4.29. The van der Waals surface area contributed by atoms with Crippen molar-refractivity contribution in [3.8, 4) is 0 Å². The largest absolute Gasteiger partial charge is 0.399 e. The third-order valence-corrected chi connectivity index (χ3v) is 2.90. The second-order valence-electron chi connectivity index (χ2n) is 4.29. The molecule has 5 heteroatoms. The number of aliphatic hydroxyl groups excluding tert-OH is 1. The number of rotatable bonds is 1. The first-order valence-electron chi connectivity index (χ1n) is 5.60. The molecule has 1 atom stereocenters. The average molecular weight is 238 g/mol.